The highest BCUT2D eigenvalue weighted by Crippen LogP contribution is 2.13. The van der Waals surface area contributed by atoms with Crippen LogP contribution in [-0.2, 0) is 6.54 Å². The molecular formula is C18H19NO4. The maximum absolute atomic E-state index is 11.3. The topological polar surface area (TPSA) is 66.8 Å². The van der Waals surface area contributed by atoms with E-state index in [2.05, 4.69) is 0 Å². The maximum Gasteiger partial charge on any atom is 0.407 e. The Morgan fingerprint density at radius 3 is 2.26 bits per heavy atom. The van der Waals surface area contributed by atoms with Crippen molar-refractivity contribution in [3.05, 3.63) is 65.7 Å². The molecule has 1 amide bonds. The summed E-state index contributed by atoms with van der Waals surface area (Å²) in [6, 6.07) is 16.2. The third-order valence-electron chi connectivity index (χ3n) is 3.38. The maximum atomic E-state index is 11.3. The van der Waals surface area contributed by atoms with Gasteiger partial charge >= 0.3 is 6.09 Å². The molecule has 0 bridgehead atoms. The lowest BCUT2D eigenvalue weighted by Gasteiger charge is -2.19. The Morgan fingerprint density at radius 2 is 1.70 bits per heavy atom. The predicted molar refractivity (Wildman–Crippen MR) is 86.8 cm³/mol. The van der Waals surface area contributed by atoms with Crippen LogP contribution >= 0.6 is 0 Å². The number of ketones is 1. The van der Waals surface area contributed by atoms with Gasteiger partial charge in [0.2, 0.25) is 0 Å². The fraction of sp³-hybridized carbons (Fsp3) is 0.222. The zero-order valence-electron chi connectivity index (χ0n) is 12.9. The highest BCUT2D eigenvalue weighted by molar-refractivity contribution is 5.94. The average molecular weight is 313 g/mol. The zero-order valence-corrected chi connectivity index (χ0v) is 12.9. The van der Waals surface area contributed by atoms with E-state index in [1.165, 1.54) is 11.8 Å². The Balaban J connectivity index is 1.87. The van der Waals surface area contributed by atoms with Crippen LogP contribution in [0.2, 0.25) is 0 Å². The molecule has 2 aromatic carbocycles. The summed E-state index contributed by atoms with van der Waals surface area (Å²) >= 11 is 0. The molecule has 2 rings (SSSR count). The Hall–Kier alpha value is -2.82. The summed E-state index contributed by atoms with van der Waals surface area (Å²) in [5.74, 6) is 0.608. The lowest BCUT2D eigenvalue weighted by Crippen LogP contribution is -2.32. The van der Waals surface area contributed by atoms with E-state index in [1.807, 2.05) is 30.3 Å². The van der Waals surface area contributed by atoms with Crippen LogP contribution in [0, 0.1) is 0 Å². The second-order valence-electron chi connectivity index (χ2n) is 5.12. The fourth-order valence-corrected chi connectivity index (χ4v) is 2.11. The van der Waals surface area contributed by atoms with E-state index in [0.29, 0.717) is 17.9 Å². The van der Waals surface area contributed by atoms with Crippen LogP contribution in [-0.4, -0.2) is 35.0 Å². The van der Waals surface area contributed by atoms with Crippen LogP contribution in [0.1, 0.15) is 22.8 Å². The first-order valence-corrected chi connectivity index (χ1v) is 7.32. The van der Waals surface area contributed by atoms with Gasteiger partial charge in [-0.3, -0.25) is 4.79 Å². The molecule has 0 saturated heterocycles. The van der Waals surface area contributed by atoms with Crippen molar-refractivity contribution in [1.82, 2.24) is 4.90 Å². The Morgan fingerprint density at radius 1 is 1.04 bits per heavy atom. The number of hydrogen-bond acceptors (Lipinski definition) is 3. The van der Waals surface area contributed by atoms with Crippen molar-refractivity contribution in [1.29, 1.82) is 0 Å². The second-order valence-corrected chi connectivity index (χ2v) is 5.12. The van der Waals surface area contributed by atoms with Crippen molar-refractivity contribution in [3.8, 4) is 5.75 Å². The number of rotatable bonds is 7. The van der Waals surface area contributed by atoms with Crippen LogP contribution in [0.4, 0.5) is 4.79 Å². The standard InChI is InChI=1S/C18H19NO4/c1-14(20)16-7-9-17(10-8-16)23-12-11-19(18(21)22)13-15-5-3-2-4-6-15/h2-10H,11-13H2,1H3,(H,21,22). The third-order valence-corrected chi connectivity index (χ3v) is 3.38. The smallest absolute Gasteiger partial charge is 0.407 e. The van der Waals surface area contributed by atoms with Crippen molar-refractivity contribution >= 4 is 11.9 Å². The monoisotopic (exact) mass is 313 g/mol. The van der Waals surface area contributed by atoms with Gasteiger partial charge in [-0.1, -0.05) is 30.3 Å². The molecule has 5 heteroatoms. The van der Waals surface area contributed by atoms with Crippen molar-refractivity contribution < 1.29 is 19.4 Å². The summed E-state index contributed by atoms with van der Waals surface area (Å²) < 4.78 is 5.54. The van der Waals surface area contributed by atoms with Gasteiger partial charge in [0.05, 0.1) is 6.54 Å². The molecule has 1 N–H and O–H groups in total. The fourth-order valence-electron chi connectivity index (χ4n) is 2.11. The number of benzene rings is 2. The highest BCUT2D eigenvalue weighted by atomic mass is 16.5. The molecule has 0 aliphatic rings. The zero-order chi connectivity index (χ0) is 16.7. The molecule has 5 nitrogen and oxygen atoms in total. The van der Waals surface area contributed by atoms with Crippen LogP contribution in [0.5, 0.6) is 5.75 Å². The predicted octanol–water partition coefficient (Wildman–Crippen LogP) is 3.45. The Bertz CT molecular complexity index is 652. The van der Waals surface area contributed by atoms with Gasteiger partial charge in [-0.25, -0.2) is 4.79 Å². The van der Waals surface area contributed by atoms with Crippen LogP contribution in [0.25, 0.3) is 0 Å². The van der Waals surface area contributed by atoms with Gasteiger partial charge in [0, 0.05) is 12.1 Å². The van der Waals surface area contributed by atoms with E-state index in [1.54, 1.807) is 24.3 Å². The van der Waals surface area contributed by atoms with Gasteiger partial charge < -0.3 is 14.7 Å². The quantitative estimate of drug-likeness (QED) is 0.795. The highest BCUT2D eigenvalue weighted by Gasteiger charge is 2.12. The molecule has 2 aromatic rings. The van der Waals surface area contributed by atoms with E-state index in [4.69, 9.17) is 4.74 Å². The van der Waals surface area contributed by atoms with E-state index in [-0.39, 0.29) is 18.9 Å². The molecule has 0 saturated carbocycles. The molecule has 120 valence electrons. The van der Waals surface area contributed by atoms with E-state index >= 15 is 0 Å². The van der Waals surface area contributed by atoms with Gasteiger partial charge in [-0.15, -0.1) is 0 Å². The summed E-state index contributed by atoms with van der Waals surface area (Å²) in [4.78, 5) is 23.8. The minimum absolute atomic E-state index is 0.00327. The summed E-state index contributed by atoms with van der Waals surface area (Å²) in [6.45, 7) is 2.34. The molecule has 0 aliphatic heterocycles. The molecule has 0 atom stereocenters. The molecule has 0 unspecified atom stereocenters. The molecule has 23 heavy (non-hydrogen) atoms. The van der Waals surface area contributed by atoms with Gasteiger partial charge in [0.25, 0.3) is 0 Å². The first-order valence-electron chi connectivity index (χ1n) is 7.32. The number of nitrogens with zero attached hydrogens (tertiary/aromatic N) is 1. The van der Waals surface area contributed by atoms with Crippen LogP contribution < -0.4 is 4.74 Å². The Kier molecular flexibility index (Phi) is 5.74. The van der Waals surface area contributed by atoms with Crippen molar-refractivity contribution in [2.75, 3.05) is 13.2 Å². The molecule has 0 aliphatic carbocycles. The van der Waals surface area contributed by atoms with Gasteiger partial charge in [-0.2, -0.15) is 0 Å². The van der Waals surface area contributed by atoms with Crippen LogP contribution in [0.3, 0.4) is 0 Å². The van der Waals surface area contributed by atoms with E-state index in [0.717, 1.165) is 5.56 Å². The van der Waals surface area contributed by atoms with Gasteiger partial charge in [-0.05, 0) is 36.8 Å². The minimum Gasteiger partial charge on any atom is -0.492 e. The largest absolute Gasteiger partial charge is 0.492 e. The lowest BCUT2D eigenvalue weighted by molar-refractivity contribution is 0.101. The molecule has 0 radical (unpaired) electrons. The number of carbonyl (C=O) groups excluding carboxylic acids is 1. The molecule has 0 spiro atoms. The first-order chi connectivity index (χ1) is 11.1. The number of ether oxygens (including phenoxy) is 1. The van der Waals surface area contributed by atoms with Crippen LogP contribution in [0.15, 0.2) is 54.6 Å². The molecular weight excluding hydrogens is 294 g/mol. The number of carbonyl (C=O) groups is 2. The minimum atomic E-state index is -0.982. The lowest BCUT2D eigenvalue weighted by atomic mass is 10.1. The number of carboxylic acid groups (broad SMARTS) is 1. The summed E-state index contributed by atoms with van der Waals surface area (Å²) in [7, 11) is 0. The summed E-state index contributed by atoms with van der Waals surface area (Å²) in [5.41, 5.74) is 1.55. The number of Topliss-reactive ketones (excluding diaryl/α,β-unsaturated/α-hetero) is 1. The number of amides is 1. The van der Waals surface area contributed by atoms with Crippen molar-refractivity contribution in [2.24, 2.45) is 0 Å². The van der Waals surface area contributed by atoms with Gasteiger partial charge in [0.15, 0.2) is 5.78 Å². The second kappa shape index (κ2) is 7.98. The van der Waals surface area contributed by atoms with Crippen molar-refractivity contribution in [3.63, 3.8) is 0 Å². The normalized spacial score (nSPS) is 10.1. The summed E-state index contributed by atoms with van der Waals surface area (Å²) in [5, 5.41) is 9.26. The molecule has 0 aromatic heterocycles. The first kappa shape index (κ1) is 16.5. The Labute approximate surface area is 135 Å². The third kappa shape index (κ3) is 5.14. The number of hydrogen-bond donors (Lipinski definition) is 1. The van der Waals surface area contributed by atoms with E-state index in [9.17, 15) is 14.7 Å². The van der Waals surface area contributed by atoms with E-state index < -0.39 is 6.09 Å². The average Bonchev–Trinajstić information content (AvgIpc) is 2.55. The molecule has 0 heterocycles. The van der Waals surface area contributed by atoms with Crippen molar-refractivity contribution in [2.45, 2.75) is 13.5 Å². The molecule has 0 fully saturated rings. The van der Waals surface area contributed by atoms with Gasteiger partial charge in [0.1, 0.15) is 12.4 Å². The SMILES string of the molecule is CC(=O)c1ccc(OCCN(Cc2ccccc2)C(=O)O)cc1. The summed E-state index contributed by atoms with van der Waals surface area (Å²) in [6.07, 6.45) is -0.982.